The van der Waals surface area contributed by atoms with Crippen LogP contribution in [0.25, 0.3) is 0 Å². The Morgan fingerprint density at radius 3 is 2.24 bits per heavy atom. The van der Waals surface area contributed by atoms with Crippen molar-refractivity contribution in [2.24, 2.45) is 5.92 Å². The van der Waals surface area contributed by atoms with Gasteiger partial charge in [0.25, 0.3) is 0 Å². The highest BCUT2D eigenvalue weighted by atomic mass is 16.4. The van der Waals surface area contributed by atoms with Crippen molar-refractivity contribution in [3.05, 3.63) is 29.3 Å². The van der Waals surface area contributed by atoms with Crippen molar-refractivity contribution < 1.29 is 24.6 Å². The second-order valence-electron chi connectivity index (χ2n) is 5.16. The zero-order valence-electron chi connectivity index (χ0n) is 11.5. The van der Waals surface area contributed by atoms with Crippen LogP contribution >= 0.6 is 0 Å². The predicted octanol–water partition coefficient (Wildman–Crippen LogP) is 2.60. The van der Waals surface area contributed by atoms with Gasteiger partial charge in [0.15, 0.2) is 0 Å². The van der Waals surface area contributed by atoms with E-state index in [0.29, 0.717) is 0 Å². The number of aromatic carboxylic acids is 2. The standard InChI is InChI=1S/C15H17NO5/c17-13(9-5-2-1-3-6-9)16-11-8-4-7-10(14(18)19)12(11)15(20)21/h4,7-9H,1-3,5-6H2,(H,16,17)(H,18,19)(H,20,21). The molecule has 3 N–H and O–H groups in total. The minimum Gasteiger partial charge on any atom is -0.478 e. The first-order valence-corrected chi connectivity index (χ1v) is 6.91. The Kier molecular flexibility index (Phi) is 4.57. The molecule has 0 saturated heterocycles. The molecule has 0 heterocycles. The van der Waals surface area contributed by atoms with Gasteiger partial charge in [-0.05, 0) is 25.0 Å². The number of rotatable bonds is 4. The number of hydrogen-bond acceptors (Lipinski definition) is 3. The maximum atomic E-state index is 12.2. The third kappa shape index (κ3) is 3.39. The molecule has 0 radical (unpaired) electrons. The molecule has 6 nitrogen and oxygen atoms in total. The minimum atomic E-state index is -1.37. The zero-order valence-corrected chi connectivity index (χ0v) is 11.5. The average molecular weight is 291 g/mol. The highest BCUT2D eigenvalue weighted by molar-refractivity contribution is 6.08. The van der Waals surface area contributed by atoms with Crippen molar-refractivity contribution in [1.29, 1.82) is 0 Å². The lowest BCUT2D eigenvalue weighted by atomic mass is 9.88. The lowest BCUT2D eigenvalue weighted by Gasteiger charge is -2.21. The van der Waals surface area contributed by atoms with E-state index < -0.39 is 11.9 Å². The van der Waals surface area contributed by atoms with Gasteiger partial charge >= 0.3 is 11.9 Å². The summed E-state index contributed by atoms with van der Waals surface area (Å²) in [5.41, 5.74) is -0.670. The Bertz CT molecular complexity index is 575. The molecule has 2 rings (SSSR count). The van der Waals surface area contributed by atoms with E-state index in [2.05, 4.69) is 5.32 Å². The SMILES string of the molecule is O=C(O)c1cccc(NC(=O)C2CCCCC2)c1C(=O)O. The van der Waals surface area contributed by atoms with Crippen LogP contribution in [0.1, 0.15) is 52.8 Å². The van der Waals surface area contributed by atoms with E-state index in [1.54, 1.807) is 0 Å². The van der Waals surface area contributed by atoms with Crippen LogP contribution in [0.2, 0.25) is 0 Å². The molecule has 1 aliphatic carbocycles. The number of carboxylic acid groups (broad SMARTS) is 2. The first kappa shape index (κ1) is 15.0. The molecule has 0 bridgehead atoms. The number of amides is 1. The maximum Gasteiger partial charge on any atom is 0.338 e. The van der Waals surface area contributed by atoms with Crippen LogP contribution in [-0.4, -0.2) is 28.1 Å². The van der Waals surface area contributed by atoms with Crippen molar-refractivity contribution in [2.75, 3.05) is 5.32 Å². The van der Waals surface area contributed by atoms with Gasteiger partial charge in [-0.3, -0.25) is 4.79 Å². The smallest absolute Gasteiger partial charge is 0.338 e. The zero-order chi connectivity index (χ0) is 15.4. The van der Waals surface area contributed by atoms with Gasteiger partial charge in [-0.25, -0.2) is 9.59 Å². The van der Waals surface area contributed by atoms with Crippen molar-refractivity contribution in [3.8, 4) is 0 Å². The summed E-state index contributed by atoms with van der Waals surface area (Å²) in [6.45, 7) is 0. The molecule has 0 spiro atoms. The number of anilines is 1. The van der Waals surface area contributed by atoms with Crippen LogP contribution in [0.15, 0.2) is 18.2 Å². The topological polar surface area (TPSA) is 104 Å². The Labute approximate surface area is 121 Å². The highest BCUT2D eigenvalue weighted by Gasteiger charge is 2.25. The van der Waals surface area contributed by atoms with Crippen LogP contribution < -0.4 is 5.32 Å². The van der Waals surface area contributed by atoms with E-state index in [1.807, 2.05) is 0 Å². The summed E-state index contributed by atoms with van der Waals surface area (Å²) in [6.07, 6.45) is 4.65. The lowest BCUT2D eigenvalue weighted by molar-refractivity contribution is -0.120. The molecule has 0 atom stereocenters. The van der Waals surface area contributed by atoms with Gasteiger partial charge in [0.05, 0.1) is 16.8 Å². The molecule has 21 heavy (non-hydrogen) atoms. The fourth-order valence-electron chi connectivity index (χ4n) is 2.66. The van der Waals surface area contributed by atoms with E-state index in [0.717, 1.165) is 32.1 Å². The van der Waals surface area contributed by atoms with Crippen molar-refractivity contribution in [1.82, 2.24) is 0 Å². The number of benzene rings is 1. The van der Waals surface area contributed by atoms with Crippen molar-refractivity contribution in [3.63, 3.8) is 0 Å². The molecule has 0 aliphatic heterocycles. The highest BCUT2D eigenvalue weighted by Crippen LogP contribution is 2.26. The second-order valence-corrected chi connectivity index (χ2v) is 5.16. The third-order valence-electron chi connectivity index (χ3n) is 3.74. The Balaban J connectivity index is 2.26. The van der Waals surface area contributed by atoms with Crippen LogP contribution in [-0.2, 0) is 4.79 Å². The largest absolute Gasteiger partial charge is 0.478 e. The van der Waals surface area contributed by atoms with E-state index >= 15 is 0 Å². The first-order valence-electron chi connectivity index (χ1n) is 6.91. The first-order chi connectivity index (χ1) is 10.0. The molecular weight excluding hydrogens is 274 g/mol. The molecular formula is C15H17NO5. The van der Waals surface area contributed by atoms with Gasteiger partial charge in [-0.1, -0.05) is 25.3 Å². The quantitative estimate of drug-likeness (QED) is 0.791. The summed E-state index contributed by atoms with van der Waals surface area (Å²) in [7, 11) is 0. The van der Waals surface area contributed by atoms with E-state index in [9.17, 15) is 19.5 Å². The van der Waals surface area contributed by atoms with Crippen LogP contribution in [0.3, 0.4) is 0 Å². The average Bonchev–Trinajstić information content (AvgIpc) is 2.47. The second kappa shape index (κ2) is 6.39. The molecule has 6 heteroatoms. The maximum absolute atomic E-state index is 12.2. The fraction of sp³-hybridized carbons (Fsp3) is 0.400. The fourth-order valence-corrected chi connectivity index (χ4v) is 2.66. The molecule has 1 amide bonds. The van der Waals surface area contributed by atoms with Crippen molar-refractivity contribution in [2.45, 2.75) is 32.1 Å². The number of carbonyl (C=O) groups is 3. The lowest BCUT2D eigenvalue weighted by Crippen LogP contribution is -2.26. The van der Waals surface area contributed by atoms with Gasteiger partial charge in [0, 0.05) is 5.92 Å². The Morgan fingerprint density at radius 1 is 1.00 bits per heavy atom. The molecule has 1 aliphatic rings. The summed E-state index contributed by atoms with van der Waals surface area (Å²) in [5, 5.41) is 20.8. The predicted molar refractivity (Wildman–Crippen MR) is 75.6 cm³/mol. The summed E-state index contributed by atoms with van der Waals surface area (Å²) in [6, 6.07) is 4.05. The van der Waals surface area contributed by atoms with Gasteiger partial charge in [0.1, 0.15) is 0 Å². The Hall–Kier alpha value is -2.37. The molecule has 112 valence electrons. The van der Waals surface area contributed by atoms with Gasteiger partial charge in [-0.2, -0.15) is 0 Å². The Morgan fingerprint density at radius 2 is 1.67 bits per heavy atom. The van der Waals surface area contributed by atoms with Gasteiger partial charge in [0.2, 0.25) is 5.91 Å². The normalized spacial score (nSPS) is 15.4. The van der Waals surface area contributed by atoms with Crippen LogP contribution in [0.4, 0.5) is 5.69 Å². The molecule has 1 fully saturated rings. The number of hydrogen-bond donors (Lipinski definition) is 3. The van der Waals surface area contributed by atoms with E-state index in [4.69, 9.17) is 5.11 Å². The molecule has 1 aromatic carbocycles. The summed E-state index contributed by atoms with van der Waals surface area (Å²) < 4.78 is 0. The third-order valence-corrected chi connectivity index (χ3v) is 3.74. The summed E-state index contributed by atoms with van der Waals surface area (Å²) in [5.74, 6) is -3.07. The molecule has 1 saturated carbocycles. The summed E-state index contributed by atoms with van der Waals surface area (Å²) in [4.78, 5) is 34.6. The van der Waals surface area contributed by atoms with E-state index in [-0.39, 0.29) is 28.6 Å². The van der Waals surface area contributed by atoms with Gasteiger partial charge < -0.3 is 15.5 Å². The van der Waals surface area contributed by atoms with Crippen LogP contribution in [0.5, 0.6) is 0 Å². The minimum absolute atomic E-state index is 0.0398. The van der Waals surface area contributed by atoms with Crippen LogP contribution in [0, 0.1) is 5.92 Å². The number of nitrogens with one attached hydrogen (secondary N) is 1. The molecule has 1 aromatic rings. The molecule has 0 unspecified atom stereocenters. The van der Waals surface area contributed by atoms with Gasteiger partial charge in [-0.15, -0.1) is 0 Å². The number of carbonyl (C=O) groups excluding carboxylic acids is 1. The van der Waals surface area contributed by atoms with E-state index in [1.165, 1.54) is 18.2 Å². The van der Waals surface area contributed by atoms with Crippen molar-refractivity contribution >= 4 is 23.5 Å². The molecule has 0 aromatic heterocycles. The monoisotopic (exact) mass is 291 g/mol. The number of carboxylic acids is 2. The summed E-state index contributed by atoms with van der Waals surface area (Å²) >= 11 is 0.